The summed E-state index contributed by atoms with van der Waals surface area (Å²) < 4.78 is 0. The first-order chi connectivity index (χ1) is 8.15. The van der Waals surface area contributed by atoms with Crippen LogP contribution >= 0.6 is 11.3 Å². The first-order valence-corrected chi connectivity index (χ1v) is 6.18. The molecular weight excluding hydrogens is 236 g/mol. The van der Waals surface area contributed by atoms with E-state index in [1.54, 1.807) is 6.20 Å². The summed E-state index contributed by atoms with van der Waals surface area (Å²) in [5.41, 5.74) is 2.96. The van der Waals surface area contributed by atoms with Crippen molar-refractivity contribution in [3.63, 3.8) is 0 Å². The van der Waals surface area contributed by atoms with Gasteiger partial charge in [-0.1, -0.05) is 0 Å². The van der Waals surface area contributed by atoms with Gasteiger partial charge in [-0.05, 0) is 19.9 Å². The van der Waals surface area contributed by atoms with Crippen LogP contribution in [0.2, 0.25) is 0 Å². The molecule has 3 N–H and O–H groups in total. The second-order valence-corrected chi connectivity index (χ2v) is 5.15. The number of thiophene rings is 1. The molecule has 1 unspecified atom stereocenters. The summed E-state index contributed by atoms with van der Waals surface area (Å²) in [6.07, 6.45) is 1.76. The third kappa shape index (κ3) is 1.61. The Balaban J connectivity index is 2.08. The van der Waals surface area contributed by atoms with E-state index in [1.165, 1.54) is 11.3 Å². The topological polar surface area (TPSA) is 69.8 Å². The lowest BCUT2D eigenvalue weighted by molar-refractivity contribution is 0.0943. The van der Waals surface area contributed by atoms with Gasteiger partial charge in [0, 0.05) is 16.1 Å². The van der Waals surface area contributed by atoms with Gasteiger partial charge in [0.1, 0.15) is 4.88 Å². The molecule has 2 aromatic heterocycles. The number of anilines is 1. The maximum absolute atomic E-state index is 11.8. The minimum absolute atomic E-state index is 0.0105. The maximum atomic E-state index is 11.8. The van der Waals surface area contributed by atoms with Crippen molar-refractivity contribution in [3.8, 4) is 10.4 Å². The third-order valence-corrected chi connectivity index (χ3v) is 3.92. The lowest BCUT2D eigenvalue weighted by Gasteiger charge is -2.21. The molecule has 0 fully saturated rings. The second-order valence-electron chi connectivity index (χ2n) is 4.10. The number of nitrogens with one attached hydrogen (secondary N) is 3. The lowest BCUT2D eigenvalue weighted by atomic mass is 10.2. The van der Waals surface area contributed by atoms with Crippen molar-refractivity contribution in [3.05, 3.63) is 22.8 Å². The summed E-state index contributed by atoms with van der Waals surface area (Å²) in [6, 6.07) is 2.01. The van der Waals surface area contributed by atoms with E-state index >= 15 is 0 Å². The zero-order valence-corrected chi connectivity index (χ0v) is 10.3. The van der Waals surface area contributed by atoms with Gasteiger partial charge >= 0.3 is 0 Å². The molecule has 0 aromatic carbocycles. The van der Waals surface area contributed by atoms with E-state index in [9.17, 15) is 4.79 Å². The van der Waals surface area contributed by atoms with Gasteiger partial charge in [0.05, 0.1) is 18.1 Å². The normalized spacial score (nSPS) is 18.5. The summed E-state index contributed by atoms with van der Waals surface area (Å²) in [7, 11) is 0. The molecule has 0 saturated carbocycles. The monoisotopic (exact) mass is 248 g/mol. The number of nitrogens with zero attached hydrogens (tertiary/aromatic N) is 1. The van der Waals surface area contributed by atoms with Gasteiger partial charge < -0.3 is 10.6 Å². The van der Waals surface area contributed by atoms with Crippen LogP contribution in [-0.4, -0.2) is 22.3 Å². The van der Waals surface area contributed by atoms with Crippen LogP contribution < -0.4 is 10.6 Å². The van der Waals surface area contributed by atoms with Crippen molar-refractivity contribution >= 4 is 22.9 Å². The standard InChI is InChI=1S/C11H12N4OS/c1-5-7(4-12-15-5)9-3-8-10(17-9)11(16)14-6(2)13-8/h3-4,6,13H,1-2H3,(H,12,15)(H,14,16). The number of amides is 1. The van der Waals surface area contributed by atoms with Gasteiger partial charge in [0.2, 0.25) is 0 Å². The van der Waals surface area contributed by atoms with Crippen LogP contribution in [0, 0.1) is 6.92 Å². The number of fused-ring (bicyclic) bond motifs is 1. The number of rotatable bonds is 1. The predicted molar refractivity (Wildman–Crippen MR) is 67.2 cm³/mol. The highest BCUT2D eigenvalue weighted by molar-refractivity contribution is 7.18. The minimum Gasteiger partial charge on any atom is -0.364 e. The number of aromatic nitrogens is 2. The highest BCUT2D eigenvalue weighted by atomic mass is 32.1. The predicted octanol–water partition coefficient (Wildman–Crippen LogP) is 1.95. The summed E-state index contributed by atoms with van der Waals surface area (Å²) in [5.74, 6) is -0.0105. The molecular formula is C11H12N4OS. The Morgan fingerprint density at radius 3 is 2.94 bits per heavy atom. The number of aryl methyl sites for hydroxylation is 1. The summed E-state index contributed by atoms with van der Waals surface area (Å²) in [5, 5.41) is 13.0. The average Bonchev–Trinajstić information content (AvgIpc) is 2.83. The van der Waals surface area contributed by atoms with E-state index in [2.05, 4.69) is 20.8 Å². The van der Waals surface area contributed by atoms with Crippen molar-refractivity contribution in [2.75, 3.05) is 5.32 Å². The van der Waals surface area contributed by atoms with E-state index in [4.69, 9.17) is 0 Å². The molecule has 17 heavy (non-hydrogen) atoms. The summed E-state index contributed by atoms with van der Waals surface area (Å²) in [6.45, 7) is 3.89. The van der Waals surface area contributed by atoms with Crippen molar-refractivity contribution in [1.82, 2.24) is 15.5 Å². The molecule has 1 amide bonds. The summed E-state index contributed by atoms with van der Waals surface area (Å²) >= 11 is 1.48. The number of carbonyl (C=O) groups excluding carboxylic acids is 1. The van der Waals surface area contributed by atoms with Crippen LogP contribution in [0.5, 0.6) is 0 Å². The van der Waals surface area contributed by atoms with Crippen molar-refractivity contribution in [1.29, 1.82) is 0 Å². The molecule has 6 heteroatoms. The van der Waals surface area contributed by atoms with Crippen LogP contribution in [-0.2, 0) is 0 Å². The molecule has 1 aliphatic heterocycles. The molecule has 3 rings (SSSR count). The maximum Gasteiger partial charge on any atom is 0.265 e. The lowest BCUT2D eigenvalue weighted by Crippen LogP contribution is -2.41. The molecule has 0 saturated heterocycles. The molecule has 0 radical (unpaired) electrons. The zero-order valence-electron chi connectivity index (χ0n) is 9.50. The molecule has 2 aromatic rings. The van der Waals surface area contributed by atoms with Crippen LogP contribution in [0.3, 0.4) is 0 Å². The first-order valence-electron chi connectivity index (χ1n) is 5.36. The van der Waals surface area contributed by atoms with E-state index in [1.807, 2.05) is 19.9 Å². The fourth-order valence-corrected chi connectivity index (χ4v) is 3.02. The molecule has 5 nitrogen and oxygen atoms in total. The number of carbonyl (C=O) groups is 1. The van der Waals surface area contributed by atoms with Gasteiger partial charge in [-0.25, -0.2) is 0 Å². The van der Waals surface area contributed by atoms with Crippen molar-refractivity contribution in [2.24, 2.45) is 0 Å². The molecule has 0 bridgehead atoms. The molecule has 0 spiro atoms. The Labute approximate surface area is 102 Å². The van der Waals surface area contributed by atoms with Crippen molar-refractivity contribution in [2.45, 2.75) is 20.0 Å². The highest BCUT2D eigenvalue weighted by Gasteiger charge is 2.24. The van der Waals surface area contributed by atoms with E-state index in [0.717, 1.165) is 26.7 Å². The Kier molecular flexibility index (Phi) is 2.19. The van der Waals surface area contributed by atoms with Gasteiger partial charge in [0.25, 0.3) is 5.91 Å². The van der Waals surface area contributed by atoms with E-state index < -0.39 is 0 Å². The molecule has 0 aliphatic carbocycles. The third-order valence-electron chi connectivity index (χ3n) is 2.75. The fourth-order valence-electron chi connectivity index (χ4n) is 1.93. The Morgan fingerprint density at radius 1 is 1.41 bits per heavy atom. The second kappa shape index (κ2) is 3.59. The average molecular weight is 248 g/mol. The molecule has 1 aliphatic rings. The number of aromatic amines is 1. The van der Waals surface area contributed by atoms with Crippen molar-refractivity contribution < 1.29 is 4.79 Å². The van der Waals surface area contributed by atoms with Gasteiger partial charge in [0.15, 0.2) is 0 Å². The zero-order chi connectivity index (χ0) is 12.0. The van der Waals surface area contributed by atoms with Gasteiger partial charge in [-0.3, -0.25) is 9.89 Å². The van der Waals surface area contributed by atoms with Crippen LogP contribution in [0.4, 0.5) is 5.69 Å². The van der Waals surface area contributed by atoms with Crippen LogP contribution in [0.25, 0.3) is 10.4 Å². The minimum atomic E-state index is -0.0251. The van der Waals surface area contributed by atoms with E-state index in [-0.39, 0.29) is 12.1 Å². The SMILES string of the molecule is Cc1[nH]ncc1-c1cc2c(s1)C(=O)NC(C)N2. The fraction of sp³-hybridized carbons (Fsp3) is 0.273. The van der Waals surface area contributed by atoms with Gasteiger partial charge in [-0.2, -0.15) is 5.10 Å². The Bertz CT molecular complexity index is 586. The van der Waals surface area contributed by atoms with Crippen LogP contribution in [0.1, 0.15) is 22.3 Å². The van der Waals surface area contributed by atoms with E-state index in [0.29, 0.717) is 0 Å². The van der Waals surface area contributed by atoms with Gasteiger partial charge in [-0.15, -0.1) is 11.3 Å². The number of H-pyrrole nitrogens is 1. The number of hydrogen-bond donors (Lipinski definition) is 3. The summed E-state index contributed by atoms with van der Waals surface area (Å²) in [4.78, 5) is 13.6. The largest absolute Gasteiger partial charge is 0.364 e. The Hall–Kier alpha value is -1.82. The quantitative estimate of drug-likeness (QED) is 0.722. The Morgan fingerprint density at radius 2 is 2.24 bits per heavy atom. The smallest absolute Gasteiger partial charge is 0.265 e. The first kappa shape index (κ1) is 10.3. The molecule has 3 heterocycles. The highest BCUT2D eigenvalue weighted by Crippen LogP contribution is 2.37. The number of hydrogen-bond acceptors (Lipinski definition) is 4. The van der Waals surface area contributed by atoms with Crippen LogP contribution in [0.15, 0.2) is 12.3 Å². The molecule has 88 valence electrons. The molecule has 1 atom stereocenters.